The molecule has 1 aliphatic heterocycles. The molecule has 0 atom stereocenters. The SMILES string of the molecule is Cn1nc(-c2ccc(-c3ccc(OC(F)(F)F)cc3)cc2)c(O)c1-c1nc2cc3c(cc2[nH]1)CNC3. The number of fused-ring (bicyclic) bond motifs is 2. The van der Waals surface area contributed by atoms with E-state index in [-0.39, 0.29) is 11.5 Å². The summed E-state index contributed by atoms with van der Waals surface area (Å²) in [6.45, 7) is 1.64. The van der Waals surface area contributed by atoms with Crippen molar-refractivity contribution < 1.29 is 23.0 Å². The zero-order valence-electron chi connectivity index (χ0n) is 19.0. The second-order valence-corrected chi connectivity index (χ2v) is 8.65. The number of alkyl halides is 3. The highest BCUT2D eigenvalue weighted by molar-refractivity contribution is 5.84. The Labute approximate surface area is 203 Å². The Morgan fingerprint density at radius 3 is 2.19 bits per heavy atom. The quantitative estimate of drug-likeness (QED) is 0.309. The molecule has 0 aliphatic carbocycles. The van der Waals surface area contributed by atoms with Gasteiger partial charge in [-0.25, -0.2) is 4.98 Å². The van der Waals surface area contributed by atoms with Crippen LogP contribution in [0.15, 0.2) is 60.7 Å². The fourth-order valence-corrected chi connectivity index (χ4v) is 4.56. The van der Waals surface area contributed by atoms with Crippen molar-refractivity contribution in [2.24, 2.45) is 7.05 Å². The minimum Gasteiger partial charge on any atom is -0.504 e. The Morgan fingerprint density at radius 2 is 1.53 bits per heavy atom. The van der Waals surface area contributed by atoms with Crippen LogP contribution in [-0.4, -0.2) is 31.2 Å². The van der Waals surface area contributed by atoms with E-state index in [2.05, 4.69) is 37.3 Å². The lowest BCUT2D eigenvalue weighted by Crippen LogP contribution is -2.16. The molecule has 7 nitrogen and oxygen atoms in total. The number of rotatable bonds is 4. The van der Waals surface area contributed by atoms with Crippen LogP contribution in [0.5, 0.6) is 11.5 Å². The standard InChI is InChI=1S/C26H20F3N5O2/c1-34-23(25-31-20-10-17-12-30-13-18(17)11-21(20)32-25)24(35)22(33-34)16-4-2-14(3-5-16)15-6-8-19(9-7-15)36-26(27,28)29/h2-11,30,35H,12-13H2,1H3,(H,31,32). The number of hydrogen-bond donors (Lipinski definition) is 3. The van der Waals surface area contributed by atoms with Crippen molar-refractivity contribution in [2.75, 3.05) is 0 Å². The summed E-state index contributed by atoms with van der Waals surface area (Å²) in [5.41, 5.74) is 7.27. The monoisotopic (exact) mass is 491 g/mol. The number of aromatic hydroxyl groups is 1. The normalized spacial score (nSPS) is 13.3. The molecular formula is C26H20F3N5O2. The molecule has 5 aromatic rings. The highest BCUT2D eigenvalue weighted by Gasteiger charge is 2.31. The molecule has 3 N–H and O–H groups in total. The van der Waals surface area contributed by atoms with Crippen LogP contribution in [-0.2, 0) is 20.1 Å². The summed E-state index contributed by atoms with van der Waals surface area (Å²) < 4.78 is 42.7. The van der Waals surface area contributed by atoms with E-state index in [1.807, 2.05) is 12.1 Å². The molecule has 1 aliphatic rings. The molecule has 0 spiro atoms. The molecular weight excluding hydrogens is 471 g/mol. The number of nitrogens with one attached hydrogen (secondary N) is 2. The first-order chi connectivity index (χ1) is 17.2. The van der Waals surface area contributed by atoms with Gasteiger partial charge in [-0.3, -0.25) is 4.68 Å². The van der Waals surface area contributed by atoms with Crippen molar-refractivity contribution in [3.8, 4) is 45.4 Å². The number of H-pyrrole nitrogens is 1. The van der Waals surface area contributed by atoms with Crippen molar-refractivity contribution in [3.05, 3.63) is 71.8 Å². The van der Waals surface area contributed by atoms with Gasteiger partial charge in [0.2, 0.25) is 0 Å². The fraction of sp³-hybridized carbons (Fsp3) is 0.154. The van der Waals surface area contributed by atoms with Crippen molar-refractivity contribution in [1.82, 2.24) is 25.1 Å². The second-order valence-electron chi connectivity index (χ2n) is 8.65. The van der Waals surface area contributed by atoms with Crippen molar-refractivity contribution in [2.45, 2.75) is 19.5 Å². The van der Waals surface area contributed by atoms with Crippen LogP contribution >= 0.6 is 0 Å². The molecule has 0 saturated carbocycles. The van der Waals surface area contributed by atoms with Gasteiger partial charge < -0.3 is 20.1 Å². The van der Waals surface area contributed by atoms with Gasteiger partial charge in [-0.05, 0) is 46.5 Å². The molecule has 36 heavy (non-hydrogen) atoms. The third kappa shape index (κ3) is 3.95. The fourth-order valence-electron chi connectivity index (χ4n) is 4.56. The Bertz CT molecular complexity index is 1540. The number of nitrogens with zero attached hydrogens (tertiary/aromatic N) is 3. The average Bonchev–Trinajstić information content (AvgIpc) is 3.53. The van der Waals surface area contributed by atoms with Gasteiger partial charge in [0.15, 0.2) is 11.6 Å². The van der Waals surface area contributed by atoms with Crippen LogP contribution in [0.2, 0.25) is 0 Å². The molecule has 3 aromatic carbocycles. The first kappa shape index (κ1) is 22.2. The van der Waals surface area contributed by atoms with Gasteiger partial charge in [-0.2, -0.15) is 5.10 Å². The third-order valence-electron chi connectivity index (χ3n) is 6.26. The number of aromatic amines is 1. The zero-order chi connectivity index (χ0) is 25.0. The van der Waals surface area contributed by atoms with Crippen molar-refractivity contribution >= 4 is 11.0 Å². The first-order valence-corrected chi connectivity index (χ1v) is 11.2. The smallest absolute Gasteiger partial charge is 0.504 e. The Balaban J connectivity index is 1.29. The van der Waals surface area contributed by atoms with Crippen LogP contribution < -0.4 is 10.1 Å². The van der Waals surface area contributed by atoms with E-state index < -0.39 is 6.36 Å². The molecule has 0 unspecified atom stereocenters. The molecule has 0 bridgehead atoms. The van der Waals surface area contributed by atoms with E-state index >= 15 is 0 Å². The molecule has 182 valence electrons. The van der Waals surface area contributed by atoms with Crippen LogP contribution in [0.4, 0.5) is 13.2 Å². The van der Waals surface area contributed by atoms with E-state index in [9.17, 15) is 18.3 Å². The molecule has 0 fully saturated rings. The largest absolute Gasteiger partial charge is 0.573 e. The minimum atomic E-state index is -4.73. The lowest BCUT2D eigenvalue weighted by Gasteiger charge is -2.09. The van der Waals surface area contributed by atoms with Gasteiger partial charge in [0.25, 0.3) is 0 Å². The molecule has 3 heterocycles. The topological polar surface area (TPSA) is 88.0 Å². The van der Waals surface area contributed by atoms with E-state index in [4.69, 9.17) is 0 Å². The Morgan fingerprint density at radius 1 is 0.917 bits per heavy atom. The number of aromatic nitrogens is 4. The number of imidazole rings is 1. The minimum absolute atomic E-state index is 0.00664. The number of benzene rings is 3. The summed E-state index contributed by atoms with van der Waals surface area (Å²) in [6, 6.07) is 17.0. The van der Waals surface area contributed by atoms with Crippen LogP contribution in [0, 0.1) is 0 Å². The number of aryl methyl sites for hydroxylation is 1. The van der Waals surface area contributed by atoms with Gasteiger partial charge in [0.1, 0.15) is 17.1 Å². The van der Waals surface area contributed by atoms with Crippen molar-refractivity contribution in [3.63, 3.8) is 0 Å². The van der Waals surface area contributed by atoms with Gasteiger partial charge in [-0.1, -0.05) is 36.4 Å². The summed E-state index contributed by atoms with van der Waals surface area (Å²) in [5, 5.41) is 18.9. The number of halogens is 3. The zero-order valence-corrected chi connectivity index (χ0v) is 19.0. The van der Waals surface area contributed by atoms with E-state index in [1.165, 1.54) is 23.3 Å². The van der Waals surface area contributed by atoms with Gasteiger partial charge in [-0.15, -0.1) is 13.2 Å². The maximum Gasteiger partial charge on any atom is 0.573 e. The maximum atomic E-state index is 12.4. The van der Waals surface area contributed by atoms with E-state index in [0.717, 1.165) is 35.2 Å². The second kappa shape index (κ2) is 8.13. The van der Waals surface area contributed by atoms with Gasteiger partial charge in [0, 0.05) is 25.7 Å². The molecule has 10 heteroatoms. The van der Waals surface area contributed by atoms with Gasteiger partial charge >= 0.3 is 6.36 Å². The highest BCUT2D eigenvalue weighted by atomic mass is 19.4. The molecule has 0 radical (unpaired) electrons. The van der Waals surface area contributed by atoms with E-state index in [0.29, 0.717) is 22.8 Å². The summed E-state index contributed by atoms with van der Waals surface area (Å²) in [5.74, 6) is 0.256. The Kier molecular flexibility index (Phi) is 5.01. The molecule has 0 amide bonds. The lowest BCUT2D eigenvalue weighted by atomic mass is 10.0. The lowest BCUT2D eigenvalue weighted by molar-refractivity contribution is -0.274. The number of hydrogen-bond acceptors (Lipinski definition) is 5. The summed E-state index contributed by atoms with van der Waals surface area (Å²) >= 11 is 0. The van der Waals surface area contributed by atoms with Crippen LogP contribution in [0.1, 0.15) is 11.1 Å². The van der Waals surface area contributed by atoms with Crippen LogP contribution in [0.25, 0.3) is 44.9 Å². The Hall–Kier alpha value is -4.31. The average molecular weight is 491 g/mol. The summed E-state index contributed by atoms with van der Waals surface area (Å²) in [4.78, 5) is 7.98. The molecule has 6 rings (SSSR count). The predicted octanol–water partition coefficient (Wildman–Crippen LogP) is 5.50. The van der Waals surface area contributed by atoms with Gasteiger partial charge in [0.05, 0.1) is 11.0 Å². The van der Waals surface area contributed by atoms with Crippen LogP contribution in [0.3, 0.4) is 0 Å². The number of ether oxygens (including phenoxy) is 1. The molecule has 2 aromatic heterocycles. The van der Waals surface area contributed by atoms with Crippen molar-refractivity contribution in [1.29, 1.82) is 0 Å². The maximum absolute atomic E-state index is 12.4. The predicted molar refractivity (Wildman–Crippen MR) is 128 cm³/mol. The third-order valence-corrected chi connectivity index (χ3v) is 6.26. The first-order valence-electron chi connectivity index (χ1n) is 11.2. The molecule has 0 saturated heterocycles. The summed E-state index contributed by atoms with van der Waals surface area (Å²) in [6.07, 6.45) is -4.73. The van der Waals surface area contributed by atoms with E-state index in [1.54, 1.807) is 36.0 Å². The highest BCUT2D eigenvalue weighted by Crippen LogP contribution is 2.38. The summed E-state index contributed by atoms with van der Waals surface area (Å²) in [7, 11) is 1.74.